The fourth-order valence-electron chi connectivity index (χ4n) is 2.47. The van der Waals surface area contributed by atoms with Gasteiger partial charge in [-0.25, -0.2) is 4.79 Å². The Bertz CT molecular complexity index is 324. The minimum atomic E-state index is -0.951. The topological polar surface area (TPSA) is 99.1 Å². The summed E-state index contributed by atoms with van der Waals surface area (Å²) in [4.78, 5) is 24.5. The Kier molecular flexibility index (Phi) is 7.32. The highest BCUT2D eigenvalue weighted by Crippen LogP contribution is 2.21. The molecule has 1 aliphatic heterocycles. The first-order chi connectivity index (χ1) is 9.58. The maximum absolute atomic E-state index is 12.1. The monoisotopic (exact) mass is 288 g/mol. The average molecular weight is 288 g/mol. The number of methoxy groups -OCH3 is 1. The van der Waals surface area contributed by atoms with Gasteiger partial charge >= 0.3 is 12.0 Å². The van der Waals surface area contributed by atoms with Crippen LogP contribution in [0.1, 0.15) is 32.1 Å². The second-order valence-corrected chi connectivity index (χ2v) is 5.00. The third kappa shape index (κ3) is 5.34. The van der Waals surface area contributed by atoms with E-state index < -0.39 is 12.1 Å². The van der Waals surface area contributed by atoms with Gasteiger partial charge in [-0.05, 0) is 25.7 Å². The third-order valence-electron chi connectivity index (χ3n) is 3.55. The van der Waals surface area contributed by atoms with E-state index in [2.05, 4.69) is 5.32 Å². The molecule has 0 bridgehead atoms. The lowest BCUT2D eigenvalue weighted by Gasteiger charge is -2.25. The maximum atomic E-state index is 12.1. The van der Waals surface area contributed by atoms with Crippen LogP contribution in [0.25, 0.3) is 0 Å². The minimum Gasteiger partial charge on any atom is -0.481 e. The molecule has 7 heteroatoms. The van der Waals surface area contributed by atoms with Crippen LogP contribution in [-0.2, 0) is 9.53 Å². The summed E-state index contributed by atoms with van der Waals surface area (Å²) in [5.74, 6) is -0.951. The molecule has 2 atom stereocenters. The number of urea groups is 1. The Morgan fingerprint density at radius 1 is 1.50 bits per heavy atom. The molecule has 0 radical (unpaired) electrons. The van der Waals surface area contributed by atoms with Crippen molar-refractivity contribution in [3.8, 4) is 0 Å². The van der Waals surface area contributed by atoms with Crippen LogP contribution in [0, 0.1) is 0 Å². The van der Waals surface area contributed by atoms with Crippen molar-refractivity contribution >= 4 is 12.0 Å². The quantitative estimate of drug-likeness (QED) is 0.601. The summed E-state index contributed by atoms with van der Waals surface area (Å²) >= 11 is 0. The van der Waals surface area contributed by atoms with E-state index in [1.54, 1.807) is 4.90 Å². The van der Waals surface area contributed by atoms with Gasteiger partial charge in [0, 0.05) is 32.8 Å². The second-order valence-electron chi connectivity index (χ2n) is 5.00. The number of carbonyl (C=O) groups excluding carboxylic acids is 1. The van der Waals surface area contributed by atoms with Crippen LogP contribution in [0.4, 0.5) is 4.79 Å². The molecule has 0 spiro atoms. The predicted octanol–water partition coefficient (Wildman–Crippen LogP) is 0.423. The molecular formula is C13H24N2O5. The Balaban J connectivity index is 2.38. The maximum Gasteiger partial charge on any atom is 0.317 e. The molecule has 0 saturated carbocycles. The molecule has 1 rings (SSSR count). The molecule has 2 amide bonds. The summed E-state index contributed by atoms with van der Waals surface area (Å²) in [6.45, 7) is 1.03. The van der Waals surface area contributed by atoms with Crippen LogP contribution in [0.3, 0.4) is 0 Å². The van der Waals surface area contributed by atoms with E-state index in [0.717, 1.165) is 19.3 Å². The highest BCUT2D eigenvalue weighted by molar-refractivity contribution is 5.75. The van der Waals surface area contributed by atoms with Gasteiger partial charge in [0.05, 0.1) is 12.5 Å². The number of nitrogens with zero attached hydrogens (tertiary/aromatic N) is 1. The van der Waals surface area contributed by atoms with Gasteiger partial charge < -0.3 is 25.2 Å². The lowest BCUT2D eigenvalue weighted by molar-refractivity contribution is -0.139. The molecule has 0 aromatic heterocycles. The molecule has 7 nitrogen and oxygen atoms in total. The molecule has 0 aliphatic carbocycles. The number of aliphatic hydroxyl groups is 1. The number of carbonyl (C=O) groups is 2. The molecule has 1 aliphatic rings. The fourth-order valence-corrected chi connectivity index (χ4v) is 2.47. The second kappa shape index (κ2) is 8.76. The number of hydrogen-bond acceptors (Lipinski definition) is 4. The summed E-state index contributed by atoms with van der Waals surface area (Å²) in [7, 11) is 1.43. The molecule has 1 heterocycles. The van der Waals surface area contributed by atoms with E-state index in [-0.39, 0.29) is 31.6 Å². The first-order valence-corrected chi connectivity index (χ1v) is 6.98. The smallest absolute Gasteiger partial charge is 0.317 e. The molecule has 2 unspecified atom stereocenters. The fraction of sp³-hybridized carbons (Fsp3) is 0.846. The van der Waals surface area contributed by atoms with Gasteiger partial charge in [-0.2, -0.15) is 0 Å². The van der Waals surface area contributed by atoms with Gasteiger partial charge in [-0.1, -0.05) is 0 Å². The van der Waals surface area contributed by atoms with Crippen molar-refractivity contribution in [2.24, 2.45) is 0 Å². The van der Waals surface area contributed by atoms with Crippen molar-refractivity contribution in [2.75, 3.05) is 26.8 Å². The van der Waals surface area contributed by atoms with Gasteiger partial charge in [0.15, 0.2) is 0 Å². The summed E-state index contributed by atoms with van der Waals surface area (Å²) < 4.78 is 5.02. The number of hydrogen-bond donors (Lipinski definition) is 3. The van der Waals surface area contributed by atoms with Crippen LogP contribution in [-0.4, -0.2) is 66.1 Å². The molecule has 116 valence electrons. The first-order valence-electron chi connectivity index (χ1n) is 6.98. The predicted molar refractivity (Wildman–Crippen MR) is 72.5 cm³/mol. The Morgan fingerprint density at radius 3 is 2.85 bits per heavy atom. The molecule has 0 aromatic carbocycles. The zero-order valence-electron chi connectivity index (χ0n) is 11.9. The highest BCUT2D eigenvalue weighted by Gasteiger charge is 2.28. The van der Waals surface area contributed by atoms with E-state index in [4.69, 9.17) is 14.9 Å². The molecule has 1 fully saturated rings. The summed E-state index contributed by atoms with van der Waals surface area (Å²) in [5, 5.41) is 20.3. The SMILES string of the molecule is COC(CNC(=O)N1CCCC1CCCO)CC(=O)O. The largest absolute Gasteiger partial charge is 0.481 e. The molecule has 3 N–H and O–H groups in total. The van der Waals surface area contributed by atoms with Crippen LogP contribution >= 0.6 is 0 Å². The Morgan fingerprint density at radius 2 is 2.25 bits per heavy atom. The van der Waals surface area contributed by atoms with Gasteiger partial charge in [0.2, 0.25) is 0 Å². The van der Waals surface area contributed by atoms with Crippen molar-refractivity contribution in [3.63, 3.8) is 0 Å². The van der Waals surface area contributed by atoms with Crippen molar-refractivity contribution in [2.45, 2.75) is 44.2 Å². The number of carboxylic acids is 1. The van der Waals surface area contributed by atoms with Crippen LogP contribution in [0.15, 0.2) is 0 Å². The molecule has 1 saturated heterocycles. The zero-order valence-corrected chi connectivity index (χ0v) is 11.9. The number of nitrogens with one attached hydrogen (secondary N) is 1. The van der Waals surface area contributed by atoms with Crippen LogP contribution in [0.5, 0.6) is 0 Å². The van der Waals surface area contributed by atoms with Crippen LogP contribution < -0.4 is 5.32 Å². The first kappa shape index (κ1) is 16.7. The van der Waals surface area contributed by atoms with E-state index in [1.807, 2.05) is 0 Å². The lowest BCUT2D eigenvalue weighted by atomic mass is 10.1. The summed E-state index contributed by atoms with van der Waals surface area (Å²) in [5.41, 5.74) is 0. The van der Waals surface area contributed by atoms with Crippen molar-refractivity contribution in [1.29, 1.82) is 0 Å². The number of amides is 2. The Hall–Kier alpha value is -1.34. The van der Waals surface area contributed by atoms with Gasteiger partial charge in [-0.15, -0.1) is 0 Å². The lowest BCUT2D eigenvalue weighted by Crippen LogP contribution is -2.45. The number of rotatable bonds is 8. The van der Waals surface area contributed by atoms with Gasteiger partial charge in [-0.3, -0.25) is 4.79 Å². The normalized spacial score (nSPS) is 19.9. The van der Waals surface area contributed by atoms with Gasteiger partial charge in [0.25, 0.3) is 0 Å². The third-order valence-corrected chi connectivity index (χ3v) is 3.55. The summed E-state index contributed by atoms with van der Waals surface area (Å²) in [6.07, 6.45) is 2.75. The highest BCUT2D eigenvalue weighted by atomic mass is 16.5. The summed E-state index contributed by atoms with van der Waals surface area (Å²) in [6, 6.07) is -0.0134. The van der Waals surface area contributed by atoms with E-state index in [1.165, 1.54) is 7.11 Å². The van der Waals surface area contributed by atoms with E-state index in [0.29, 0.717) is 13.0 Å². The Labute approximate surface area is 118 Å². The average Bonchev–Trinajstić information content (AvgIpc) is 2.88. The van der Waals surface area contributed by atoms with E-state index in [9.17, 15) is 9.59 Å². The number of aliphatic carboxylic acids is 1. The number of carboxylic acid groups (broad SMARTS) is 1. The van der Waals surface area contributed by atoms with Crippen molar-refractivity contribution < 1.29 is 24.5 Å². The van der Waals surface area contributed by atoms with Gasteiger partial charge in [0.1, 0.15) is 0 Å². The number of ether oxygens (including phenoxy) is 1. The number of likely N-dealkylation sites (tertiary alicyclic amines) is 1. The standard InChI is InChI=1S/C13H24N2O5/c1-20-11(8-12(17)18)9-14-13(19)15-6-2-4-10(15)5-3-7-16/h10-11,16H,2-9H2,1H3,(H,14,19)(H,17,18). The van der Waals surface area contributed by atoms with Crippen LogP contribution in [0.2, 0.25) is 0 Å². The number of aliphatic hydroxyl groups excluding tert-OH is 1. The molecule has 20 heavy (non-hydrogen) atoms. The molecule has 0 aromatic rings. The van der Waals surface area contributed by atoms with E-state index >= 15 is 0 Å². The molecular weight excluding hydrogens is 264 g/mol. The van der Waals surface area contributed by atoms with Crippen molar-refractivity contribution in [3.05, 3.63) is 0 Å². The minimum absolute atomic E-state index is 0.134. The van der Waals surface area contributed by atoms with Crippen molar-refractivity contribution in [1.82, 2.24) is 10.2 Å². The zero-order chi connectivity index (χ0) is 15.0.